The van der Waals surface area contributed by atoms with Gasteiger partial charge >= 0.3 is 33.6 Å². The molecule has 1 aliphatic carbocycles. The lowest BCUT2D eigenvalue weighted by Crippen LogP contribution is -2.64. The number of thioether (sulfide) groups is 1. The highest BCUT2D eigenvalue weighted by Gasteiger charge is 2.54. The standard InChI is InChI=1S/C48H81NO19P2S/c1-3-5-7-9-11-13-15-17-19-21-23-25-27-32-41(53)64-33-36(34-65-70(62,63)68-47-45(57)43(55)42(54)44(56)46(47)67-69(59,60)61)66-48(58)37(49)35-71-39(38(50)29-28-31-40(51)52)30-26-24-22-20-18-16-14-12-10-8-6-4-2/h7,9,12-15,18,20,22,24,26,30,36-39,42-47,50,54-57H,3-6,8,10-11,16-17,19,21,23,25,27-29,31-35,49H2,1-2H3,(H,51,52)(H,62,63)(H2,59,60,61)/b9-7-,14-12-,15-13-,20-18-,24-22+,30-26+/t36-,37+,38+,39-,42+,43+,44-,45-,46-,47+/m1/s1. The fraction of sp³-hybridized carbons (Fsp3) is 0.688. The van der Waals surface area contributed by atoms with E-state index in [1.807, 2.05) is 12.2 Å². The smallest absolute Gasteiger partial charge is 0.472 e. The van der Waals surface area contributed by atoms with Crippen LogP contribution in [-0.4, -0.2) is 142 Å². The van der Waals surface area contributed by atoms with Gasteiger partial charge in [0.2, 0.25) is 0 Å². The number of aliphatic hydroxyl groups is 5. The number of phosphoric acid groups is 2. The summed E-state index contributed by atoms with van der Waals surface area (Å²) in [5.41, 5.74) is 6.20. The molecule has 0 aromatic heterocycles. The highest BCUT2D eigenvalue weighted by Crippen LogP contribution is 2.50. The summed E-state index contributed by atoms with van der Waals surface area (Å²) in [6.45, 7) is 2.52. The van der Waals surface area contributed by atoms with E-state index in [9.17, 15) is 63.7 Å². The minimum Gasteiger partial charge on any atom is -0.481 e. The van der Waals surface area contributed by atoms with Crippen molar-refractivity contribution in [2.75, 3.05) is 19.0 Å². The van der Waals surface area contributed by atoms with E-state index in [4.69, 9.17) is 29.4 Å². The van der Waals surface area contributed by atoms with Gasteiger partial charge in [0.05, 0.1) is 12.7 Å². The molecule has 11 atom stereocenters. The normalized spacial score (nSPS) is 22.7. The molecule has 1 aliphatic rings. The third kappa shape index (κ3) is 32.2. The van der Waals surface area contributed by atoms with E-state index in [0.717, 1.165) is 88.8 Å². The molecule has 1 saturated carbocycles. The van der Waals surface area contributed by atoms with Gasteiger partial charge in [-0.3, -0.25) is 28.0 Å². The zero-order chi connectivity index (χ0) is 53.1. The molecule has 0 aliphatic heterocycles. The SMILES string of the molecule is CCC/C=C\C/C=C\CCCCCCCC(=O)OC[C@H](COP(=O)(O)O[C@H]1[C@H](O)[C@@H](O)[C@H](O)[C@@H](O)[C@H]1OP(=O)(O)O)OC(=O)[C@@H](N)CS[C@H](/C=C/C=C/C=C\C/C=C\CCCCC)[C@@H](O)CCCC(=O)O. The second-order valence-corrected chi connectivity index (χ2v) is 20.8. The lowest BCUT2D eigenvalue weighted by Gasteiger charge is -2.43. The Morgan fingerprint density at radius 2 is 1.24 bits per heavy atom. The molecule has 11 N–H and O–H groups in total. The number of nitrogens with two attached hydrogens (primary N) is 1. The number of hydrogen-bond acceptors (Lipinski definition) is 17. The summed E-state index contributed by atoms with van der Waals surface area (Å²) in [4.78, 5) is 66.6. The first-order valence-corrected chi connectivity index (χ1v) is 28.5. The summed E-state index contributed by atoms with van der Waals surface area (Å²) < 4.78 is 49.9. The maximum Gasteiger partial charge on any atom is 0.472 e. The van der Waals surface area contributed by atoms with Gasteiger partial charge in [-0.2, -0.15) is 0 Å². The molecule has 0 radical (unpaired) electrons. The monoisotopic (exact) mass is 1070 g/mol. The average molecular weight is 1070 g/mol. The number of hydrogen-bond donors (Lipinski definition) is 10. The fourth-order valence-electron chi connectivity index (χ4n) is 6.78. The van der Waals surface area contributed by atoms with Crippen LogP contribution < -0.4 is 5.73 Å². The summed E-state index contributed by atoms with van der Waals surface area (Å²) in [7, 11) is -11.0. The van der Waals surface area contributed by atoms with E-state index in [1.54, 1.807) is 24.3 Å². The number of aliphatic hydroxyl groups excluding tert-OH is 5. The fourth-order valence-corrected chi connectivity index (χ4v) is 9.43. The second-order valence-electron chi connectivity index (χ2n) is 17.0. The van der Waals surface area contributed by atoms with E-state index < -0.39 is 107 Å². The van der Waals surface area contributed by atoms with Crippen LogP contribution in [0.1, 0.15) is 129 Å². The third-order valence-corrected chi connectivity index (χ3v) is 13.6. The van der Waals surface area contributed by atoms with Gasteiger partial charge in [0.25, 0.3) is 0 Å². The predicted octanol–water partition coefficient (Wildman–Crippen LogP) is 6.15. The summed E-state index contributed by atoms with van der Waals surface area (Å²) in [5.74, 6) is -2.97. The Labute approximate surface area is 423 Å². The molecule has 71 heavy (non-hydrogen) atoms. The van der Waals surface area contributed by atoms with Crippen LogP contribution in [0.5, 0.6) is 0 Å². The van der Waals surface area contributed by atoms with Crippen LogP contribution in [0.3, 0.4) is 0 Å². The molecule has 0 amide bonds. The van der Waals surface area contributed by atoms with Gasteiger partial charge < -0.3 is 60.5 Å². The second kappa shape index (κ2) is 38.7. The molecule has 0 aromatic carbocycles. The molecular formula is C48H81NO19P2S. The van der Waals surface area contributed by atoms with E-state index in [2.05, 4.69) is 54.8 Å². The van der Waals surface area contributed by atoms with Gasteiger partial charge in [-0.05, 0) is 64.2 Å². The molecule has 1 unspecified atom stereocenters. The molecule has 20 nitrogen and oxygen atoms in total. The molecule has 408 valence electrons. The first-order chi connectivity index (χ1) is 33.7. The highest BCUT2D eigenvalue weighted by atomic mass is 32.2. The number of unbranched alkanes of at least 4 members (excludes halogenated alkanes) is 9. The number of carbonyl (C=O) groups is 3. The highest BCUT2D eigenvalue weighted by molar-refractivity contribution is 8.00. The van der Waals surface area contributed by atoms with Crippen LogP contribution >= 0.6 is 27.4 Å². The summed E-state index contributed by atoms with van der Waals surface area (Å²) in [5, 5.41) is 60.5. The first-order valence-electron chi connectivity index (χ1n) is 24.4. The van der Waals surface area contributed by atoms with Crippen LogP contribution in [0.4, 0.5) is 0 Å². The van der Waals surface area contributed by atoms with Crippen LogP contribution in [0.2, 0.25) is 0 Å². The molecule has 23 heteroatoms. The Bertz CT molecular complexity index is 1770. The minimum absolute atomic E-state index is 0.00792. The van der Waals surface area contributed by atoms with Crippen molar-refractivity contribution < 1.29 is 91.9 Å². The topological polar surface area (TPSA) is 340 Å². The van der Waals surface area contributed by atoms with E-state index in [1.165, 1.54) is 6.42 Å². The molecule has 0 aromatic rings. The van der Waals surface area contributed by atoms with Crippen molar-refractivity contribution >= 4 is 45.3 Å². The number of phosphoric ester groups is 2. The summed E-state index contributed by atoms with van der Waals surface area (Å²) in [6.07, 6.45) is 20.4. The van der Waals surface area contributed by atoms with Gasteiger partial charge in [-0.15, -0.1) is 11.8 Å². The van der Waals surface area contributed by atoms with Gasteiger partial charge in [0, 0.05) is 23.8 Å². The van der Waals surface area contributed by atoms with Crippen LogP contribution in [0.25, 0.3) is 0 Å². The molecule has 1 rings (SSSR count). The third-order valence-electron chi connectivity index (χ3n) is 10.7. The van der Waals surface area contributed by atoms with Gasteiger partial charge in [0.15, 0.2) is 6.10 Å². The molecule has 0 bridgehead atoms. The Morgan fingerprint density at radius 3 is 1.86 bits per heavy atom. The quantitative estimate of drug-likeness (QED) is 0.0108. The van der Waals surface area contributed by atoms with Gasteiger partial charge in [-0.1, -0.05) is 125 Å². The Hall–Kier alpha value is -2.82. The van der Waals surface area contributed by atoms with Crippen LogP contribution in [0, 0.1) is 0 Å². The molecule has 0 spiro atoms. The lowest BCUT2D eigenvalue weighted by molar-refractivity contribution is -0.216. The van der Waals surface area contributed by atoms with Crippen molar-refractivity contribution in [1.29, 1.82) is 0 Å². The Kier molecular flexibility index (Phi) is 36.1. The number of ether oxygens (including phenoxy) is 2. The van der Waals surface area contributed by atoms with Crippen molar-refractivity contribution in [3.8, 4) is 0 Å². The molecule has 1 fully saturated rings. The van der Waals surface area contributed by atoms with Crippen molar-refractivity contribution in [3.05, 3.63) is 72.9 Å². The van der Waals surface area contributed by atoms with Crippen molar-refractivity contribution in [3.63, 3.8) is 0 Å². The van der Waals surface area contributed by atoms with Gasteiger partial charge in [-0.25, -0.2) is 9.13 Å². The number of allylic oxidation sites excluding steroid dienone is 11. The molecular weight excluding hydrogens is 989 g/mol. The Morgan fingerprint density at radius 1 is 0.662 bits per heavy atom. The number of carboxylic acid groups (broad SMARTS) is 1. The molecule has 0 saturated heterocycles. The first kappa shape index (κ1) is 66.2. The molecule has 0 heterocycles. The summed E-state index contributed by atoms with van der Waals surface area (Å²) >= 11 is 1.07. The Balaban J connectivity index is 3.07. The zero-order valence-corrected chi connectivity index (χ0v) is 43.6. The van der Waals surface area contributed by atoms with Crippen molar-refractivity contribution in [2.24, 2.45) is 5.73 Å². The summed E-state index contributed by atoms with van der Waals surface area (Å²) in [6, 6.07) is -1.40. The van der Waals surface area contributed by atoms with Crippen LogP contribution in [0.15, 0.2) is 72.9 Å². The number of aliphatic carboxylic acids is 1. The number of carbonyl (C=O) groups excluding carboxylic acids is 2. The van der Waals surface area contributed by atoms with Crippen LogP contribution in [-0.2, 0) is 46.6 Å². The largest absolute Gasteiger partial charge is 0.481 e. The maximum atomic E-state index is 13.4. The van der Waals surface area contributed by atoms with E-state index in [0.29, 0.717) is 6.42 Å². The lowest BCUT2D eigenvalue weighted by atomic mass is 9.85. The van der Waals surface area contributed by atoms with Crippen molar-refractivity contribution in [1.82, 2.24) is 0 Å². The minimum atomic E-state index is -5.52. The van der Waals surface area contributed by atoms with E-state index in [-0.39, 0.29) is 31.4 Å². The number of esters is 2. The van der Waals surface area contributed by atoms with Crippen molar-refractivity contribution in [2.45, 2.75) is 190 Å². The number of rotatable bonds is 40. The predicted molar refractivity (Wildman–Crippen MR) is 270 cm³/mol. The average Bonchev–Trinajstić information content (AvgIpc) is 3.31. The number of carboxylic acids is 1. The zero-order valence-electron chi connectivity index (χ0n) is 41.0. The maximum absolute atomic E-state index is 13.4. The van der Waals surface area contributed by atoms with Gasteiger partial charge in [0.1, 0.15) is 49.3 Å². The van der Waals surface area contributed by atoms with E-state index >= 15 is 0 Å².